The summed E-state index contributed by atoms with van der Waals surface area (Å²) in [4.78, 5) is 12.2. The third-order valence-electron chi connectivity index (χ3n) is 3.65. The number of benzene rings is 2. The second kappa shape index (κ2) is 8.53. The number of carbonyl (C=O) groups is 1. The van der Waals surface area contributed by atoms with Crippen LogP contribution in [-0.4, -0.2) is 19.2 Å². The van der Waals surface area contributed by atoms with E-state index in [-0.39, 0.29) is 5.91 Å². The van der Waals surface area contributed by atoms with Crippen molar-refractivity contribution in [1.82, 2.24) is 0 Å². The number of anilines is 1. The van der Waals surface area contributed by atoms with Crippen LogP contribution >= 0.6 is 0 Å². The van der Waals surface area contributed by atoms with Crippen LogP contribution in [0.4, 0.5) is 5.69 Å². The Balaban J connectivity index is 2.06. The molecule has 0 fully saturated rings. The zero-order valence-corrected chi connectivity index (χ0v) is 13.7. The van der Waals surface area contributed by atoms with Crippen molar-refractivity contribution in [1.29, 1.82) is 0 Å². The van der Waals surface area contributed by atoms with Crippen molar-refractivity contribution in [3.63, 3.8) is 0 Å². The van der Waals surface area contributed by atoms with E-state index in [0.29, 0.717) is 29.9 Å². The lowest BCUT2D eigenvalue weighted by atomic mass is 10.1. The normalized spacial score (nSPS) is 11.0. The molecule has 24 heavy (non-hydrogen) atoms. The molecular formula is C19H22N3O2+. The third-order valence-corrected chi connectivity index (χ3v) is 3.65. The Kier molecular flexibility index (Phi) is 6.14. The van der Waals surface area contributed by atoms with Crippen molar-refractivity contribution in [2.45, 2.75) is 12.8 Å². The summed E-state index contributed by atoms with van der Waals surface area (Å²) in [5, 5.41) is 8.41. The van der Waals surface area contributed by atoms with Crippen molar-refractivity contribution in [3.8, 4) is 5.75 Å². The number of nitrogens with one attached hydrogen (secondary N) is 1. The summed E-state index contributed by atoms with van der Waals surface area (Å²) in [6.45, 7) is 0. The molecule has 0 aliphatic heterocycles. The quantitative estimate of drug-likeness (QED) is 0.672. The number of hydrogen-bond acceptors (Lipinski definition) is 3. The van der Waals surface area contributed by atoms with Crippen molar-refractivity contribution < 1.29 is 14.9 Å². The fraction of sp³-hybridized carbons (Fsp3) is 0.158. The number of allylic oxidation sites excluding steroid dienone is 1. The maximum Gasteiger partial charge on any atom is 0.224 e. The van der Waals surface area contributed by atoms with Gasteiger partial charge in [-0.3, -0.25) is 10.2 Å². The summed E-state index contributed by atoms with van der Waals surface area (Å²) in [6, 6.07) is 15.3. The van der Waals surface area contributed by atoms with Gasteiger partial charge in [-0.05, 0) is 29.7 Å². The number of rotatable bonds is 7. The molecule has 2 rings (SSSR count). The summed E-state index contributed by atoms with van der Waals surface area (Å²) in [6.07, 6.45) is 3.94. The minimum absolute atomic E-state index is 0.0649. The predicted molar refractivity (Wildman–Crippen MR) is 96.5 cm³/mol. The molecule has 0 heterocycles. The van der Waals surface area contributed by atoms with Gasteiger partial charge in [0.25, 0.3) is 0 Å². The molecule has 2 aromatic rings. The Bertz CT molecular complexity index is 740. The zero-order chi connectivity index (χ0) is 17.4. The van der Waals surface area contributed by atoms with E-state index in [1.54, 1.807) is 19.2 Å². The first kappa shape index (κ1) is 17.3. The van der Waals surface area contributed by atoms with Gasteiger partial charge >= 0.3 is 0 Å². The van der Waals surface area contributed by atoms with Gasteiger partial charge in [0.2, 0.25) is 5.91 Å². The number of aryl methyl sites for hydroxylation is 1. The summed E-state index contributed by atoms with van der Waals surface area (Å²) in [7, 11) is 1.55. The minimum atomic E-state index is -0.0649. The monoisotopic (exact) mass is 324 g/mol. The number of carbonyl (C=O) groups excluding carboxylic acids is 1. The standard InChI is InChI=1S/C19H21N3O2/c1-24-18-11-15(16(12-20)13-21)8-9-17(18)22-19(23)10-7-14-5-3-2-4-6-14/h2-6,8-9,11-13,20H,7,10,21H2,1H3,(H,22,23)/p+1/b16-13+,20-12?. The fourth-order valence-corrected chi connectivity index (χ4v) is 2.34. The summed E-state index contributed by atoms with van der Waals surface area (Å²) in [5.74, 6) is 0.492. The van der Waals surface area contributed by atoms with Crippen LogP contribution in [0.25, 0.3) is 5.57 Å². The molecule has 0 atom stereocenters. The Morgan fingerprint density at radius 1 is 1.25 bits per heavy atom. The molecule has 0 saturated heterocycles. The predicted octanol–water partition coefficient (Wildman–Crippen LogP) is 1.40. The van der Waals surface area contributed by atoms with Gasteiger partial charge in [0.1, 0.15) is 5.75 Å². The Morgan fingerprint density at radius 3 is 2.62 bits per heavy atom. The molecule has 124 valence electrons. The highest BCUT2D eigenvalue weighted by Crippen LogP contribution is 2.28. The molecule has 2 aromatic carbocycles. The second-order valence-corrected chi connectivity index (χ2v) is 5.24. The van der Waals surface area contributed by atoms with E-state index in [9.17, 15) is 4.79 Å². The largest absolute Gasteiger partial charge is 0.495 e. The van der Waals surface area contributed by atoms with Crippen molar-refractivity contribution in [2.24, 2.45) is 5.73 Å². The highest BCUT2D eigenvalue weighted by Gasteiger charge is 2.10. The summed E-state index contributed by atoms with van der Waals surface area (Å²) in [5.41, 5.74) is 8.79. The van der Waals surface area contributed by atoms with Crippen molar-refractivity contribution >= 4 is 23.4 Å². The number of hydrogen-bond donors (Lipinski definition) is 3. The van der Waals surface area contributed by atoms with Gasteiger partial charge in [0, 0.05) is 12.6 Å². The molecule has 5 heteroatoms. The molecular weight excluding hydrogens is 302 g/mol. The summed E-state index contributed by atoms with van der Waals surface area (Å²) >= 11 is 0. The highest BCUT2D eigenvalue weighted by atomic mass is 16.5. The Morgan fingerprint density at radius 2 is 2.00 bits per heavy atom. The van der Waals surface area contributed by atoms with Gasteiger partial charge in [-0.15, -0.1) is 0 Å². The number of methoxy groups -OCH3 is 1. The first-order valence-electron chi connectivity index (χ1n) is 7.67. The van der Waals surface area contributed by atoms with E-state index in [1.807, 2.05) is 36.4 Å². The molecule has 0 saturated carbocycles. The highest BCUT2D eigenvalue weighted by molar-refractivity contribution is 6.07. The molecule has 0 bridgehead atoms. The molecule has 0 radical (unpaired) electrons. The van der Waals surface area contributed by atoms with Gasteiger partial charge in [-0.1, -0.05) is 36.4 Å². The smallest absolute Gasteiger partial charge is 0.224 e. The summed E-state index contributed by atoms with van der Waals surface area (Å²) < 4.78 is 5.35. The minimum Gasteiger partial charge on any atom is -0.495 e. The number of ether oxygens (including phenoxy) is 1. The third kappa shape index (κ3) is 4.46. The van der Waals surface area contributed by atoms with Crippen LogP contribution in [0.5, 0.6) is 5.75 Å². The Hall–Kier alpha value is -3.08. The van der Waals surface area contributed by atoms with Crippen LogP contribution in [0.2, 0.25) is 0 Å². The molecule has 5 N–H and O–H groups in total. The first-order chi connectivity index (χ1) is 11.7. The van der Waals surface area contributed by atoms with E-state index in [0.717, 1.165) is 11.1 Å². The van der Waals surface area contributed by atoms with Gasteiger partial charge in [-0.2, -0.15) is 0 Å². The SMILES string of the molecule is COc1cc(/C(C=[NH2+])=C/N)ccc1NC(=O)CCc1ccccc1. The van der Waals surface area contributed by atoms with Crippen LogP contribution in [0, 0.1) is 0 Å². The van der Waals surface area contributed by atoms with Crippen molar-refractivity contribution in [3.05, 3.63) is 65.9 Å². The van der Waals surface area contributed by atoms with Gasteiger partial charge in [0.15, 0.2) is 6.21 Å². The van der Waals surface area contributed by atoms with Crippen LogP contribution in [0.3, 0.4) is 0 Å². The number of amides is 1. The maximum atomic E-state index is 12.2. The van der Waals surface area contributed by atoms with E-state index < -0.39 is 0 Å². The second-order valence-electron chi connectivity index (χ2n) is 5.24. The van der Waals surface area contributed by atoms with E-state index >= 15 is 0 Å². The average Bonchev–Trinajstić information content (AvgIpc) is 2.63. The van der Waals surface area contributed by atoms with Gasteiger partial charge in [-0.25, -0.2) is 0 Å². The molecule has 5 nitrogen and oxygen atoms in total. The van der Waals surface area contributed by atoms with Crippen LogP contribution in [-0.2, 0) is 11.2 Å². The van der Waals surface area contributed by atoms with Crippen LogP contribution in [0.1, 0.15) is 17.5 Å². The molecule has 0 aliphatic rings. The van der Waals surface area contributed by atoms with Gasteiger partial charge in [0.05, 0.1) is 18.4 Å². The number of nitrogens with two attached hydrogens (primary N) is 2. The zero-order valence-electron chi connectivity index (χ0n) is 13.7. The van der Waals surface area contributed by atoms with Gasteiger partial charge < -0.3 is 15.8 Å². The maximum absolute atomic E-state index is 12.2. The van der Waals surface area contributed by atoms with E-state index in [2.05, 4.69) is 5.32 Å². The van der Waals surface area contributed by atoms with Crippen LogP contribution < -0.4 is 21.2 Å². The molecule has 0 aliphatic carbocycles. The lowest BCUT2D eigenvalue weighted by Gasteiger charge is -2.12. The molecule has 1 amide bonds. The van der Waals surface area contributed by atoms with Crippen molar-refractivity contribution in [2.75, 3.05) is 12.4 Å². The molecule has 0 unspecified atom stereocenters. The average molecular weight is 324 g/mol. The molecule has 0 spiro atoms. The topological polar surface area (TPSA) is 89.9 Å². The van der Waals surface area contributed by atoms with Crippen LogP contribution in [0.15, 0.2) is 54.7 Å². The lowest BCUT2D eigenvalue weighted by molar-refractivity contribution is -0.116. The van der Waals surface area contributed by atoms with E-state index in [1.165, 1.54) is 12.4 Å². The van der Waals surface area contributed by atoms with E-state index in [4.69, 9.17) is 15.9 Å². The lowest BCUT2D eigenvalue weighted by Crippen LogP contribution is -2.30. The first-order valence-corrected chi connectivity index (χ1v) is 7.67. The molecule has 0 aromatic heterocycles. The fourth-order valence-electron chi connectivity index (χ4n) is 2.34. The Labute approximate surface area is 141 Å².